The van der Waals surface area contributed by atoms with Crippen LogP contribution in [0.15, 0.2) is 0 Å². The monoisotopic (exact) mass is 281 g/mol. The molecule has 0 atom stereocenters. The van der Waals surface area contributed by atoms with Gasteiger partial charge in [0, 0.05) is 13.1 Å². The molecule has 1 N–H and O–H groups in total. The first-order valence-corrected chi connectivity index (χ1v) is 7.83. The summed E-state index contributed by atoms with van der Waals surface area (Å²) in [4.78, 5) is 11.1. The van der Waals surface area contributed by atoms with Crippen LogP contribution >= 0.6 is 0 Å². The van der Waals surface area contributed by atoms with Gasteiger partial charge in [-0.25, -0.2) is 8.42 Å². The van der Waals surface area contributed by atoms with E-state index >= 15 is 0 Å². The van der Waals surface area contributed by atoms with Crippen LogP contribution in [0.1, 0.15) is 33.1 Å². The van der Waals surface area contributed by atoms with Crippen molar-refractivity contribution in [2.24, 2.45) is 0 Å². The number of hydrogen-bond donors (Lipinski definition) is 1. The number of unbranched alkanes of at least 4 members (excludes halogenated alkanes) is 1. The highest BCUT2D eigenvalue weighted by Crippen LogP contribution is 2.06. The van der Waals surface area contributed by atoms with Crippen molar-refractivity contribution >= 4 is 16.0 Å². The zero-order valence-electron chi connectivity index (χ0n) is 11.1. The van der Waals surface area contributed by atoms with Crippen LogP contribution in [-0.4, -0.2) is 55.9 Å². The fraction of sp³-hybridized carbons (Fsp3) is 0.909. The summed E-state index contributed by atoms with van der Waals surface area (Å²) in [7, 11) is -3.50. The lowest BCUT2D eigenvalue weighted by Gasteiger charge is -2.20. The van der Waals surface area contributed by atoms with Gasteiger partial charge >= 0.3 is 5.97 Å². The van der Waals surface area contributed by atoms with Crippen molar-refractivity contribution in [3.05, 3.63) is 0 Å². The van der Waals surface area contributed by atoms with Crippen LogP contribution in [0.2, 0.25) is 0 Å². The SMILES string of the molecule is CCCCN(CCO)S(=O)(=O)CCC(=O)OCC. The van der Waals surface area contributed by atoms with Crippen molar-refractivity contribution in [1.82, 2.24) is 4.31 Å². The highest BCUT2D eigenvalue weighted by atomic mass is 32.2. The lowest BCUT2D eigenvalue weighted by Crippen LogP contribution is -2.36. The van der Waals surface area contributed by atoms with Crippen LogP contribution in [0, 0.1) is 0 Å². The Kier molecular flexibility index (Phi) is 8.95. The van der Waals surface area contributed by atoms with E-state index < -0.39 is 16.0 Å². The smallest absolute Gasteiger partial charge is 0.306 e. The van der Waals surface area contributed by atoms with Gasteiger partial charge in [-0.1, -0.05) is 13.3 Å². The van der Waals surface area contributed by atoms with Crippen molar-refractivity contribution in [3.63, 3.8) is 0 Å². The molecule has 0 bridgehead atoms. The zero-order valence-corrected chi connectivity index (χ0v) is 11.9. The molecule has 0 saturated heterocycles. The van der Waals surface area contributed by atoms with Crippen molar-refractivity contribution in [2.45, 2.75) is 33.1 Å². The molecule has 0 fully saturated rings. The number of sulfonamides is 1. The quantitative estimate of drug-likeness (QED) is 0.585. The standard InChI is InChI=1S/C11H23NO5S/c1-3-5-7-12(8-9-13)18(15,16)10-6-11(14)17-4-2/h13H,3-10H2,1-2H3. The maximum atomic E-state index is 11.9. The highest BCUT2D eigenvalue weighted by molar-refractivity contribution is 7.89. The van der Waals surface area contributed by atoms with Crippen molar-refractivity contribution in [2.75, 3.05) is 32.1 Å². The Balaban J connectivity index is 4.39. The molecule has 0 unspecified atom stereocenters. The fourth-order valence-electron chi connectivity index (χ4n) is 1.41. The summed E-state index contributed by atoms with van der Waals surface area (Å²) in [6.07, 6.45) is 1.46. The number of ether oxygens (including phenoxy) is 1. The third kappa shape index (κ3) is 6.93. The maximum Gasteiger partial charge on any atom is 0.306 e. The number of carbonyl (C=O) groups is 1. The molecule has 0 aliphatic heterocycles. The molecule has 0 amide bonds. The van der Waals surface area contributed by atoms with Gasteiger partial charge in [0.25, 0.3) is 0 Å². The van der Waals surface area contributed by atoms with Crippen LogP contribution in [-0.2, 0) is 19.6 Å². The number of rotatable bonds is 10. The number of hydrogen-bond acceptors (Lipinski definition) is 5. The minimum absolute atomic E-state index is 0.0746. The molecular weight excluding hydrogens is 258 g/mol. The Hall–Kier alpha value is -0.660. The van der Waals surface area contributed by atoms with Crippen LogP contribution in [0.4, 0.5) is 0 Å². The highest BCUT2D eigenvalue weighted by Gasteiger charge is 2.22. The summed E-state index contributed by atoms with van der Waals surface area (Å²) >= 11 is 0. The number of carbonyl (C=O) groups excluding carboxylic acids is 1. The normalized spacial score (nSPS) is 11.8. The van der Waals surface area contributed by atoms with Gasteiger partial charge in [0.05, 0.1) is 25.4 Å². The predicted molar refractivity (Wildman–Crippen MR) is 68.6 cm³/mol. The molecular formula is C11H23NO5S. The molecule has 0 aromatic carbocycles. The number of esters is 1. The molecule has 0 aliphatic rings. The first kappa shape index (κ1) is 17.3. The van der Waals surface area contributed by atoms with Crippen molar-refractivity contribution < 1.29 is 23.1 Å². The molecule has 108 valence electrons. The molecule has 0 aliphatic carbocycles. The van der Waals surface area contributed by atoms with E-state index in [0.29, 0.717) is 6.54 Å². The van der Waals surface area contributed by atoms with Gasteiger partial charge in [-0.15, -0.1) is 0 Å². The molecule has 0 heterocycles. The summed E-state index contributed by atoms with van der Waals surface area (Å²) in [5, 5.41) is 8.86. The predicted octanol–water partition coefficient (Wildman–Crippen LogP) is 0.364. The molecule has 0 aromatic heterocycles. The summed E-state index contributed by atoms with van der Waals surface area (Å²) < 4.78 is 29.8. The van der Waals surface area contributed by atoms with E-state index in [1.807, 2.05) is 6.92 Å². The summed E-state index contributed by atoms with van der Waals surface area (Å²) in [6.45, 7) is 4.11. The second-order valence-corrected chi connectivity index (χ2v) is 5.94. The minimum Gasteiger partial charge on any atom is -0.466 e. The average molecular weight is 281 g/mol. The van der Waals surface area contributed by atoms with Gasteiger partial charge in [-0.2, -0.15) is 4.31 Å². The Morgan fingerprint density at radius 3 is 2.44 bits per heavy atom. The maximum absolute atomic E-state index is 11.9. The van der Waals surface area contributed by atoms with E-state index in [-0.39, 0.29) is 31.9 Å². The molecule has 18 heavy (non-hydrogen) atoms. The third-order valence-electron chi connectivity index (χ3n) is 2.37. The third-order valence-corrected chi connectivity index (χ3v) is 4.25. The van der Waals surface area contributed by atoms with Gasteiger partial charge in [-0.3, -0.25) is 4.79 Å². The lowest BCUT2D eigenvalue weighted by molar-refractivity contribution is -0.142. The van der Waals surface area contributed by atoms with E-state index in [0.717, 1.165) is 12.8 Å². The second kappa shape index (κ2) is 9.29. The van der Waals surface area contributed by atoms with E-state index in [2.05, 4.69) is 4.74 Å². The molecule has 0 radical (unpaired) electrons. The van der Waals surface area contributed by atoms with Crippen LogP contribution in [0.3, 0.4) is 0 Å². The van der Waals surface area contributed by atoms with E-state index in [9.17, 15) is 13.2 Å². The molecule has 0 aromatic rings. The molecule has 6 nitrogen and oxygen atoms in total. The second-order valence-electron chi connectivity index (χ2n) is 3.85. The average Bonchev–Trinajstić information content (AvgIpc) is 2.32. The van der Waals surface area contributed by atoms with E-state index in [1.165, 1.54) is 4.31 Å². The van der Waals surface area contributed by atoms with Crippen LogP contribution in [0.25, 0.3) is 0 Å². The molecule has 0 rings (SSSR count). The Bertz CT molecular complexity index is 328. The van der Waals surface area contributed by atoms with E-state index in [4.69, 9.17) is 5.11 Å². The first-order chi connectivity index (χ1) is 8.47. The van der Waals surface area contributed by atoms with Gasteiger partial charge in [0.15, 0.2) is 0 Å². The molecule has 7 heteroatoms. The van der Waals surface area contributed by atoms with E-state index in [1.54, 1.807) is 6.92 Å². The number of aliphatic hydroxyl groups excluding tert-OH is 1. The van der Waals surface area contributed by atoms with Gasteiger partial charge < -0.3 is 9.84 Å². The topological polar surface area (TPSA) is 83.9 Å². The number of aliphatic hydroxyl groups is 1. The molecule has 0 saturated carbocycles. The van der Waals surface area contributed by atoms with Gasteiger partial charge in [0.1, 0.15) is 0 Å². The lowest BCUT2D eigenvalue weighted by atomic mass is 10.3. The summed E-state index contributed by atoms with van der Waals surface area (Å²) in [6, 6.07) is 0. The summed E-state index contributed by atoms with van der Waals surface area (Å²) in [5.74, 6) is -0.782. The summed E-state index contributed by atoms with van der Waals surface area (Å²) in [5.41, 5.74) is 0. The molecule has 0 spiro atoms. The fourth-order valence-corrected chi connectivity index (χ4v) is 2.86. The number of nitrogens with zero attached hydrogens (tertiary/aromatic N) is 1. The Morgan fingerprint density at radius 2 is 1.94 bits per heavy atom. The van der Waals surface area contributed by atoms with Gasteiger partial charge in [0.2, 0.25) is 10.0 Å². The van der Waals surface area contributed by atoms with Crippen molar-refractivity contribution in [1.29, 1.82) is 0 Å². The van der Waals surface area contributed by atoms with Crippen LogP contribution in [0.5, 0.6) is 0 Å². The largest absolute Gasteiger partial charge is 0.466 e. The first-order valence-electron chi connectivity index (χ1n) is 6.22. The minimum atomic E-state index is -3.50. The zero-order chi connectivity index (χ0) is 14.0. The van der Waals surface area contributed by atoms with Gasteiger partial charge in [-0.05, 0) is 13.3 Å². The Morgan fingerprint density at radius 1 is 1.28 bits per heavy atom. The Labute approximate surface area is 109 Å². The van der Waals surface area contributed by atoms with Crippen LogP contribution < -0.4 is 0 Å². The van der Waals surface area contributed by atoms with Crippen molar-refractivity contribution in [3.8, 4) is 0 Å².